The Kier molecular flexibility index (Phi) is 9.70. The first-order valence-electron chi connectivity index (χ1n) is 19.7. The number of hydrogen-bond acceptors (Lipinski definition) is 10. The van der Waals surface area contributed by atoms with Crippen LogP contribution in [0.1, 0.15) is 94.9 Å². The van der Waals surface area contributed by atoms with Crippen LogP contribution in [-0.4, -0.2) is 51.7 Å². The summed E-state index contributed by atoms with van der Waals surface area (Å²) in [5, 5.41) is 8.66. The van der Waals surface area contributed by atoms with Gasteiger partial charge in [0, 0.05) is 35.9 Å². The molecule has 2 saturated carbocycles. The third-order valence-electron chi connectivity index (χ3n) is 11.4. The van der Waals surface area contributed by atoms with E-state index >= 15 is 0 Å². The molecule has 56 heavy (non-hydrogen) atoms. The zero-order valence-electron chi connectivity index (χ0n) is 31.7. The summed E-state index contributed by atoms with van der Waals surface area (Å²) in [6.07, 6.45) is 20.5. The van der Waals surface area contributed by atoms with Crippen molar-refractivity contribution in [2.45, 2.75) is 102 Å². The molecule has 4 aliphatic carbocycles. The summed E-state index contributed by atoms with van der Waals surface area (Å²) in [6.45, 7) is 4.29. The van der Waals surface area contributed by atoms with Gasteiger partial charge in [0.15, 0.2) is 0 Å². The van der Waals surface area contributed by atoms with Gasteiger partial charge in [-0.25, -0.2) is 19.9 Å². The molecule has 0 amide bonds. The van der Waals surface area contributed by atoms with E-state index in [0.29, 0.717) is 35.9 Å². The monoisotopic (exact) mass is 748 g/mol. The van der Waals surface area contributed by atoms with E-state index in [2.05, 4.69) is 80.4 Å². The van der Waals surface area contributed by atoms with Gasteiger partial charge in [0.2, 0.25) is 0 Å². The maximum absolute atomic E-state index is 12.9. The van der Waals surface area contributed by atoms with E-state index in [0.717, 1.165) is 98.0 Å². The Morgan fingerprint density at radius 1 is 0.554 bits per heavy atom. The maximum Gasteiger partial charge on any atom is 0.277 e. The van der Waals surface area contributed by atoms with Crippen LogP contribution in [0.15, 0.2) is 95.3 Å². The Morgan fingerprint density at radius 3 is 1.36 bits per heavy atom. The minimum absolute atomic E-state index is 0.107. The molecule has 2 unspecified atom stereocenters. The fraction of sp³-hybridized carbons (Fsp3) is 0.364. The van der Waals surface area contributed by atoms with Gasteiger partial charge in [-0.2, -0.15) is 19.6 Å². The highest BCUT2D eigenvalue weighted by Crippen LogP contribution is 2.39. The Hall–Kier alpha value is -6.04. The van der Waals surface area contributed by atoms with Gasteiger partial charge >= 0.3 is 0 Å². The summed E-state index contributed by atoms with van der Waals surface area (Å²) in [6, 6.07) is 16.1. The van der Waals surface area contributed by atoms with E-state index in [1.165, 1.54) is 31.6 Å². The van der Waals surface area contributed by atoms with Crippen LogP contribution in [-0.2, 0) is 25.7 Å². The first-order chi connectivity index (χ1) is 27.4. The van der Waals surface area contributed by atoms with E-state index < -0.39 is 0 Å². The van der Waals surface area contributed by atoms with Gasteiger partial charge in [0.25, 0.3) is 23.0 Å². The van der Waals surface area contributed by atoms with Crippen molar-refractivity contribution in [3.63, 3.8) is 0 Å². The van der Waals surface area contributed by atoms with Crippen molar-refractivity contribution in [2.75, 3.05) is 0 Å². The largest absolute Gasteiger partial charge is 0.490 e. The van der Waals surface area contributed by atoms with Crippen molar-refractivity contribution in [1.82, 2.24) is 39.5 Å². The van der Waals surface area contributed by atoms with Gasteiger partial charge in [0.1, 0.15) is 11.5 Å². The van der Waals surface area contributed by atoms with Crippen LogP contribution in [0, 0.1) is 13.8 Å². The minimum Gasteiger partial charge on any atom is -0.490 e. The average molecular weight is 749 g/mol. The summed E-state index contributed by atoms with van der Waals surface area (Å²) >= 11 is 0. The molecular formula is C44H44N8O4. The van der Waals surface area contributed by atoms with Gasteiger partial charge in [-0.3, -0.25) is 9.59 Å². The Labute approximate surface area is 324 Å². The minimum atomic E-state index is -0.107. The van der Waals surface area contributed by atoms with Gasteiger partial charge < -0.3 is 9.47 Å². The van der Waals surface area contributed by atoms with Crippen molar-refractivity contribution in [1.29, 1.82) is 0 Å². The second-order valence-electron chi connectivity index (χ2n) is 15.3. The van der Waals surface area contributed by atoms with Crippen molar-refractivity contribution < 1.29 is 9.47 Å². The molecular weight excluding hydrogens is 705 g/mol. The number of nitrogens with zero attached hydrogens (tertiary/aromatic N) is 8. The predicted octanol–water partition coefficient (Wildman–Crippen LogP) is 6.29. The molecule has 4 aromatic heterocycles. The van der Waals surface area contributed by atoms with Crippen LogP contribution in [0.3, 0.4) is 0 Å². The van der Waals surface area contributed by atoms with Crippen LogP contribution >= 0.6 is 0 Å². The number of fused-ring (bicyclic) bond motifs is 2. The van der Waals surface area contributed by atoms with Crippen LogP contribution in [0.5, 0.6) is 11.5 Å². The molecule has 0 radical (unpaired) electrons. The molecule has 6 aromatic rings. The standard InChI is InChI=1S/2C22H22N4O2/c2*1-14-18(4-2-5-20(14)28-17-7-8-17)15-6-9-19-16(12-15)13-25-26(21(19)27)22-23-10-3-11-24-22/h2*2-5,10-11,13,15,17H,6-9,12H2,1H3. The summed E-state index contributed by atoms with van der Waals surface area (Å²) in [5.74, 6) is 3.39. The lowest BCUT2D eigenvalue weighted by Crippen LogP contribution is -2.30. The van der Waals surface area contributed by atoms with Crippen molar-refractivity contribution in [3.05, 3.63) is 151 Å². The Morgan fingerprint density at radius 2 is 0.964 bits per heavy atom. The maximum atomic E-state index is 12.9. The lowest BCUT2D eigenvalue weighted by atomic mass is 9.79. The molecule has 284 valence electrons. The highest BCUT2D eigenvalue weighted by molar-refractivity contribution is 5.45. The zero-order valence-corrected chi connectivity index (χ0v) is 31.7. The lowest BCUT2D eigenvalue weighted by Gasteiger charge is -2.26. The molecule has 4 aliphatic rings. The fourth-order valence-corrected chi connectivity index (χ4v) is 8.06. The SMILES string of the molecule is Cc1c(OC2CC2)cccc1C1CCc2c(cnn(-c3ncccn3)c2=O)C1.Cc1c(OC2CC2)cccc1C1CCc2c(cnn(-c3ncccn3)c2=O)C1. The normalized spacial score (nSPS) is 18.5. The van der Waals surface area contributed by atoms with E-state index in [9.17, 15) is 9.59 Å². The van der Waals surface area contributed by atoms with Crippen LogP contribution in [0.2, 0.25) is 0 Å². The molecule has 12 heteroatoms. The summed E-state index contributed by atoms with van der Waals surface area (Å²) < 4.78 is 14.7. The Bertz CT molecular complexity index is 2320. The van der Waals surface area contributed by atoms with Gasteiger partial charge in [-0.05, 0) is 148 Å². The molecule has 0 aliphatic heterocycles. The lowest BCUT2D eigenvalue weighted by molar-refractivity contribution is 0.300. The second kappa shape index (κ2) is 15.2. The van der Waals surface area contributed by atoms with Crippen LogP contribution in [0.4, 0.5) is 0 Å². The zero-order chi connectivity index (χ0) is 38.2. The summed E-state index contributed by atoms with van der Waals surface area (Å²) in [4.78, 5) is 42.4. The van der Waals surface area contributed by atoms with Gasteiger partial charge in [0.05, 0.1) is 24.6 Å². The number of rotatable bonds is 8. The first-order valence-corrected chi connectivity index (χ1v) is 19.7. The molecule has 2 atom stereocenters. The predicted molar refractivity (Wildman–Crippen MR) is 210 cm³/mol. The highest BCUT2D eigenvalue weighted by Gasteiger charge is 2.30. The van der Waals surface area contributed by atoms with Crippen molar-refractivity contribution >= 4 is 0 Å². The first kappa shape index (κ1) is 35.6. The molecule has 12 nitrogen and oxygen atoms in total. The van der Waals surface area contributed by atoms with E-state index in [4.69, 9.17) is 9.47 Å². The average Bonchev–Trinajstić information content (AvgIpc) is 4.19. The Balaban J connectivity index is 0.000000146. The number of aromatic nitrogens is 8. The number of ether oxygens (including phenoxy) is 2. The van der Waals surface area contributed by atoms with Crippen molar-refractivity contribution in [3.8, 4) is 23.4 Å². The van der Waals surface area contributed by atoms with Crippen molar-refractivity contribution in [2.24, 2.45) is 0 Å². The van der Waals surface area contributed by atoms with Gasteiger partial charge in [-0.15, -0.1) is 0 Å². The molecule has 2 fully saturated rings. The fourth-order valence-electron chi connectivity index (χ4n) is 8.06. The molecule has 2 aromatic carbocycles. The highest BCUT2D eigenvalue weighted by atomic mass is 16.5. The topological polar surface area (TPSA) is 140 Å². The number of benzene rings is 2. The molecule has 10 rings (SSSR count). The summed E-state index contributed by atoms with van der Waals surface area (Å²) in [5.41, 5.74) is 8.60. The van der Waals surface area contributed by atoms with Crippen LogP contribution < -0.4 is 20.6 Å². The third-order valence-corrected chi connectivity index (χ3v) is 11.4. The molecule has 0 spiro atoms. The smallest absolute Gasteiger partial charge is 0.277 e. The second-order valence-corrected chi connectivity index (χ2v) is 15.3. The van der Waals surface area contributed by atoms with E-state index in [1.54, 1.807) is 49.3 Å². The molecule has 4 heterocycles. The molecule has 0 saturated heterocycles. The molecule has 0 N–H and O–H groups in total. The van der Waals surface area contributed by atoms with E-state index in [1.807, 2.05) is 0 Å². The van der Waals surface area contributed by atoms with Crippen LogP contribution in [0.25, 0.3) is 11.9 Å². The van der Waals surface area contributed by atoms with Gasteiger partial charge in [-0.1, -0.05) is 24.3 Å². The third kappa shape index (κ3) is 7.35. The summed E-state index contributed by atoms with van der Waals surface area (Å²) in [7, 11) is 0. The van der Waals surface area contributed by atoms with E-state index in [-0.39, 0.29) is 11.1 Å². The number of hydrogen-bond donors (Lipinski definition) is 0. The molecule has 0 bridgehead atoms. The quantitative estimate of drug-likeness (QED) is 0.175.